The fourth-order valence-electron chi connectivity index (χ4n) is 2.60. The van der Waals surface area contributed by atoms with Crippen LogP contribution < -0.4 is 0 Å². The van der Waals surface area contributed by atoms with Crippen molar-refractivity contribution in [3.63, 3.8) is 0 Å². The summed E-state index contributed by atoms with van der Waals surface area (Å²) in [7, 11) is 0. The molecule has 1 saturated carbocycles. The first kappa shape index (κ1) is 12.1. The molecule has 0 amide bonds. The number of rotatable bonds is 2. The highest BCUT2D eigenvalue weighted by Crippen LogP contribution is 2.44. The van der Waals surface area contributed by atoms with E-state index in [1.54, 1.807) is 0 Å². The highest BCUT2D eigenvalue weighted by Gasteiger charge is 2.38. The number of hydrogen-bond acceptors (Lipinski definition) is 2. The van der Waals surface area contributed by atoms with Gasteiger partial charge in [0.25, 0.3) is 0 Å². The fraction of sp³-hybridized carbons (Fsp3) is 0.846. The summed E-state index contributed by atoms with van der Waals surface area (Å²) >= 11 is 0. The Bertz CT molecular complexity index is 271. The largest absolute Gasteiger partial charge is 0.197 e. The molecule has 0 aromatic heterocycles. The van der Waals surface area contributed by atoms with Gasteiger partial charge < -0.3 is 0 Å². The maximum atomic E-state index is 8.97. The van der Waals surface area contributed by atoms with Gasteiger partial charge in [0.15, 0.2) is 0 Å². The first-order chi connectivity index (χ1) is 7.02. The third-order valence-electron chi connectivity index (χ3n) is 4.07. The minimum Gasteiger partial charge on any atom is -0.197 e. The molecule has 0 aliphatic heterocycles. The smallest absolute Gasteiger partial charge is 0.138 e. The minimum atomic E-state index is -0.462. The van der Waals surface area contributed by atoms with E-state index in [-0.39, 0.29) is 5.41 Å². The zero-order valence-electron chi connectivity index (χ0n) is 9.95. The van der Waals surface area contributed by atoms with Crippen LogP contribution in [0.25, 0.3) is 0 Å². The summed E-state index contributed by atoms with van der Waals surface area (Å²) < 4.78 is 0. The third kappa shape index (κ3) is 2.51. The second-order valence-corrected chi connectivity index (χ2v) is 5.47. The molecule has 1 rings (SSSR count). The van der Waals surface area contributed by atoms with Gasteiger partial charge in [-0.15, -0.1) is 0 Å². The second kappa shape index (κ2) is 4.67. The molecule has 2 heteroatoms. The molecule has 2 nitrogen and oxygen atoms in total. The lowest BCUT2D eigenvalue weighted by Crippen LogP contribution is -2.33. The van der Waals surface area contributed by atoms with E-state index >= 15 is 0 Å². The van der Waals surface area contributed by atoms with Crippen molar-refractivity contribution in [2.24, 2.45) is 23.2 Å². The van der Waals surface area contributed by atoms with Crippen LogP contribution in [0.3, 0.4) is 0 Å². The van der Waals surface area contributed by atoms with Crippen molar-refractivity contribution in [1.29, 1.82) is 10.5 Å². The highest BCUT2D eigenvalue weighted by atomic mass is 14.4. The first-order valence-corrected chi connectivity index (χ1v) is 5.81. The van der Waals surface area contributed by atoms with E-state index in [0.717, 1.165) is 5.92 Å². The highest BCUT2D eigenvalue weighted by molar-refractivity contribution is 5.08. The average Bonchev–Trinajstić information content (AvgIpc) is 2.19. The summed E-state index contributed by atoms with van der Waals surface area (Å²) in [5.74, 6) is 0.897. The van der Waals surface area contributed by atoms with E-state index in [4.69, 9.17) is 10.5 Å². The van der Waals surface area contributed by atoms with Gasteiger partial charge in [-0.25, -0.2) is 0 Å². The van der Waals surface area contributed by atoms with Crippen molar-refractivity contribution in [2.45, 2.75) is 46.5 Å². The molecule has 0 spiro atoms. The van der Waals surface area contributed by atoms with Crippen LogP contribution in [0.15, 0.2) is 0 Å². The zero-order chi connectivity index (χ0) is 11.5. The van der Waals surface area contributed by atoms with E-state index in [2.05, 4.69) is 32.9 Å². The van der Waals surface area contributed by atoms with Gasteiger partial charge in [-0.1, -0.05) is 33.6 Å². The Balaban J connectivity index is 2.70. The van der Waals surface area contributed by atoms with E-state index in [9.17, 15) is 0 Å². The summed E-state index contributed by atoms with van der Waals surface area (Å²) in [5.41, 5.74) is -0.149. The molecule has 0 N–H and O–H groups in total. The van der Waals surface area contributed by atoms with Crippen LogP contribution in [0.5, 0.6) is 0 Å². The Morgan fingerprint density at radius 1 is 1.07 bits per heavy atom. The van der Waals surface area contributed by atoms with Crippen molar-refractivity contribution < 1.29 is 0 Å². The lowest BCUT2D eigenvalue weighted by Gasteiger charge is -2.39. The van der Waals surface area contributed by atoms with Crippen LogP contribution in [0.1, 0.15) is 46.5 Å². The normalized spacial score (nSPS) is 27.1. The third-order valence-corrected chi connectivity index (χ3v) is 4.07. The van der Waals surface area contributed by atoms with Gasteiger partial charge in [0.1, 0.15) is 5.92 Å². The molecule has 0 aromatic rings. The summed E-state index contributed by atoms with van der Waals surface area (Å²) in [6.07, 6.45) is 4.84. The molecular weight excluding hydrogens is 184 g/mol. The maximum absolute atomic E-state index is 8.97. The summed E-state index contributed by atoms with van der Waals surface area (Å²) in [6.45, 7) is 6.44. The molecule has 0 aromatic carbocycles. The fourth-order valence-corrected chi connectivity index (χ4v) is 2.60. The van der Waals surface area contributed by atoms with Crippen molar-refractivity contribution in [3.05, 3.63) is 0 Å². The van der Waals surface area contributed by atoms with Gasteiger partial charge in [0.2, 0.25) is 0 Å². The molecule has 0 radical (unpaired) electrons. The van der Waals surface area contributed by atoms with Crippen LogP contribution in [-0.4, -0.2) is 0 Å². The van der Waals surface area contributed by atoms with Crippen molar-refractivity contribution >= 4 is 0 Å². The molecular formula is C13H20N2. The zero-order valence-corrected chi connectivity index (χ0v) is 9.95. The molecule has 1 aliphatic rings. The Morgan fingerprint density at radius 2 is 1.53 bits per heavy atom. The minimum absolute atomic E-state index is 0.149. The molecule has 0 heterocycles. The lowest BCUT2D eigenvalue weighted by molar-refractivity contribution is 0.117. The van der Waals surface area contributed by atoms with Gasteiger partial charge in [0, 0.05) is 0 Å². The van der Waals surface area contributed by atoms with Crippen LogP contribution in [-0.2, 0) is 0 Å². The Labute approximate surface area is 92.9 Å². The van der Waals surface area contributed by atoms with Crippen molar-refractivity contribution in [3.8, 4) is 12.1 Å². The van der Waals surface area contributed by atoms with Crippen LogP contribution in [0.4, 0.5) is 0 Å². The van der Waals surface area contributed by atoms with Crippen molar-refractivity contribution in [1.82, 2.24) is 0 Å². The van der Waals surface area contributed by atoms with E-state index < -0.39 is 5.92 Å². The Kier molecular flexibility index (Phi) is 3.75. The summed E-state index contributed by atoms with van der Waals surface area (Å²) in [5, 5.41) is 17.9. The van der Waals surface area contributed by atoms with Crippen LogP contribution >= 0.6 is 0 Å². The SMILES string of the molecule is CC1CCC(C(C)(C)C(C#N)C#N)CC1. The van der Waals surface area contributed by atoms with E-state index in [1.807, 2.05) is 0 Å². The Hall–Kier alpha value is -1.02. The molecule has 82 valence electrons. The first-order valence-electron chi connectivity index (χ1n) is 5.81. The molecule has 1 aliphatic carbocycles. The van der Waals surface area contributed by atoms with Crippen molar-refractivity contribution in [2.75, 3.05) is 0 Å². The van der Waals surface area contributed by atoms with Gasteiger partial charge in [-0.05, 0) is 30.1 Å². The quantitative estimate of drug-likeness (QED) is 0.691. The van der Waals surface area contributed by atoms with Crippen LogP contribution in [0, 0.1) is 45.8 Å². The van der Waals surface area contributed by atoms with Gasteiger partial charge >= 0.3 is 0 Å². The molecule has 0 bridgehead atoms. The predicted molar refractivity (Wildman–Crippen MR) is 59.6 cm³/mol. The van der Waals surface area contributed by atoms with Gasteiger partial charge in [0.05, 0.1) is 12.1 Å². The number of hydrogen-bond donors (Lipinski definition) is 0. The molecule has 0 atom stereocenters. The summed E-state index contributed by atoms with van der Waals surface area (Å²) in [6, 6.07) is 4.28. The molecule has 0 saturated heterocycles. The topological polar surface area (TPSA) is 47.6 Å². The number of nitrogens with zero attached hydrogens (tertiary/aromatic N) is 2. The average molecular weight is 204 g/mol. The van der Waals surface area contributed by atoms with E-state index in [1.165, 1.54) is 25.7 Å². The summed E-state index contributed by atoms with van der Waals surface area (Å²) in [4.78, 5) is 0. The van der Waals surface area contributed by atoms with Gasteiger partial charge in [-0.2, -0.15) is 10.5 Å². The molecule has 0 unspecified atom stereocenters. The molecule has 15 heavy (non-hydrogen) atoms. The maximum Gasteiger partial charge on any atom is 0.138 e. The predicted octanol–water partition coefficient (Wildman–Crippen LogP) is 3.50. The van der Waals surface area contributed by atoms with Gasteiger partial charge in [-0.3, -0.25) is 0 Å². The second-order valence-electron chi connectivity index (χ2n) is 5.47. The lowest BCUT2D eigenvalue weighted by atomic mass is 9.64. The standard InChI is InChI=1S/C13H20N2/c1-10-4-6-11(7-5-10)13(2,3)12(8-14)9-15/h10-12H,4-7H2,1-3H3. The monoisotopic (exact) mass is 204 g/mol. The van der Waals surface area contributed by atoms with Crippen LogP contribution in [0.2, 0.25) is 0 Å². The number of nitriles is 2. The Morgan fingerprint density at radius 3 is 1.93 bits per heavy atom. The molecule has 1 fully saturated rings. The van der Waals surface area contributed by atoms with E-state index in [0.29, 0.717) is 5.92 Å².